The standard InChI is InChI=1S/C13H19NO3S/c15-10-3-1-2-9(6-10)7-14-8-11-4-5-12(18-11)13(16)17/h4-5,9-10,14-15H,1-3,6-8H2,(H,16,17). The lowest BCUT2D eigenvalue weighted by molar-refractivity contribution is 0.0702. The van der Waals surface area contributed by atoms with Crippen molar-refractivity contribution < 1.29 is 15.0 Å². The molecule has 2 unspecified atom stereocenters. The number of carbonyl (C=O) groups is 1. The third kappa shape index (κ3) is 3.80. The Morgan fingerprint density at radius 2 is 2.28 bits per heavy atom. The third-order valence-corrected chi connectivity index (χ3v) is 4.43. The molecule has 0 amide bonds. The van der Waals surface area contributed by atoms with E-state index in [1.54, 1.807) is 6.07 Å². The number of hydrogen-bond donors (Lipinski definition) is 3. The van der Waals surface area contributed by atoms with E-state index in [0.717, 1.165) is 30.7 Å². The fourth-order valence-corrected chi connectivity index (χ4v) is 3.25. The zero-order valence-electron chi connectivity index (χ0n) is 10.3. The third-order valence-electron chi connectivity index (χ3n) is 3.36. The van der Waals surface area contributed by atoms with Gasteiger partial charge in [-0.2, -0.15) is 0 Å². The molecular weight excluding hydrogens is 250 g/mol. The van der Waals surface area contributed by atoms with Crippen LogP contribution in [0.25, 0.3) is 0 Å². The van der Waals surface area contributed by atoms with Crippen LogP contribution in [-0.4, -0.2) is 28.8 Å². The summed E-state index contributed by atoms with van der Waals surface area (Å²) >= 11 is 1.32. The van der Waals surface area contributed by atoms with E-state index in [2.05, 4.69) is 5.32 Å². The molecule has 2 atom stereocenters. The minimum Gasteiger partial charge on any atom is -0.477 e. The molecular formula is C13H19NO3S. The van der Waals surface area contributed by atoms with Crippen LogP contribution in [0, 0.1) is 5.92 Å². The van der Waals surface area contributed by atoms with Gasteiger partial charge < -0.3 is 15.5 Å². The first-order valence-corrected chi connectivity index (χ1v) is 7.17. The minimum absolute atomic E-state index is 0.133. The molecule has 0 bridgehead atoms. The SMILES string of the molecule is O=C(O)c1ccc(CNCC2CCCC(O)C2)s1. The first kappa shape index (κ1) is 13.5. The number of nitrogens with one attached hydrogen (secondary N) is 1. The maximum atomic E-state index is 10.7. The van der Waals surface area contributed by atoms with Crippen molar-refractivity contribution in [2.45, 2.75) is 38.3 Å². The van der Waals surface area contributed by atoms with Crippen LogP contribution in [0.5, 0.6) is 0 Å². The van der Waals surface area contributed by atoms with Crippen LogP contribution in [-0.2, 0) is 6.54 Å². The quantitative estimate of drug-likeness (QED) is 0.765. The van der Waals surface area contributed by atoms with Gasteiger partial charge in [0.15, 0.2) is 0 Å². The molecule has 2 rings (SSSR count). The highest BCUT2D eigenvalue weighted by molar-refractivity contribution is 7.13. The Morgan fingerprint density at radius 1 is 1.44 bits per heavy atom. The molecule has 100 valence electrons. The molecule has 5 heteroatoms. The molecule has 1 aromatic heterocycles. The van der Waals surface area contributed by atoms with Crippen molar-refractivity contribution >= 4 is 17.3 Å². The van der Waals surface area contributed by atoms with Gasteiger partial charge in [0.25, 0.3) is 0 Å². The molecule has 1 heterocycles. The van der Waals surface area contributed by atoms with Crippen molar-refractivity contribution in [1.29, 1.82) is 0 Å². The van der Waals surface area contributed by atoms with Gasteiger partial charge in [0.05, 0.1) is 6.10 Å². The predicted molar refractivity (Wildman–Crippen MR) is 70.9 cm³/mol. The Kier molecular flexibility index (Phi) is 4.74. The number of aliphatic hydroxyl groups excluding tert-OH is 1. The Hall–Kier alpha value is -0.910. The van der Waals surface area contributed by atoms with Gasteiger partial charge in [-0.15, -0.1) is 11.3 Å². The fourth-order valence-electron chi connectivity index (χ4n) is 2.44. The van der Waals surface area contributed by atoms with Gasteiger partial charge in [-0.1, -0.05) is 6.42 Å². The van der Waals surface area contributed by atoms with E-state index in [4.69, 9.17) is 5.11 Å². The van der Waals surface area contributed by atoms with Crippen molar-refractivity contribution in [2.24, 2.45) is 5.92 Å². The number of aliphatic hydroxyl groups is 1. The predicted octanol–water partition coefficient (Wildman–Crippen LogP) is 2.09. The zero-order valence-corrected chi connectivity index (χ0v) is 11.1. The average Bonchev–Trinajstić information content (AvgIpc) is 2.78. The van der Waals surface area contributed by atoms with Crippen LogP contribution in [0.3, 0.4) is 0 Å². The molecule has 0 saturated heterocycles. The van der Waals surface area contributed by atoms with Crippen LogP contribution in [0.1, 0.15) is 40.2 Å². The number of carboxylic acid groups (broad SMARTS) is 1. The van der Waals surface area contributed by atoms with Gasteiger partial charge in [-0.05, 0) is 43.9 Å². The molecule has 18 heavy (non-hydrogen) atoms. The summed E-state index contributed by atoms with van der Waals surface area (Å²) in [5.41, 5.74) is 0. The maximum absolute atomic E-state index is 10.7. The van der Waals surface area contributed by atoms with Gasteiger partial charge in [-0.25, -0.2) is 4.79 Å². The van der Waals surface area contributed by atoms with E-state index in [1.165, 1.54) is 17.8 Å². The van der Waals surface area contributed by atoms with Gasteiger partial charge >= 0.3 is 5.97 Å². The molecule has 1 saturated carbocycles. The lowest BCUT2D eigenvalue weighted by Crippen LogP contribution is -2.28. The van der Waals surface area contributed by atoms with E-state index >= 15 is 0 Å². The van der Waals surface area contributed by atoms with Gasteiger partial charge in [0.1, 0.15) is 4.88 Å². The molecule has 4 nitrogen and oxygen atoms in total. The van der Waals surface area contributed by atoms with Gasteiger partial charge in [0.2, 0.25) is 0 Å². The van der Waals surface area contributed by atoms with Crippen molar-refractivity contribution in [1.82, 2.24) is 5.32 Å². The summed E-state index contributed by atoms with van der Waals surface area (Å²) in [5.74, 6) is -0.311. The second kappa shape index (κ2) is 6.31. The topological polar surface area (TPSA) is 69.6 Å². The van der Waals surface area contributed by atoms with E-state index in [-0.39, 0.29) is 6.10 Å². The summed E-state index contributed by atoms with van der Waals surface area (Å²) in [6, 6.07) is 3.51. The Labute approximate surface area is 111 Å². The van der Waals surface area contributed by atoms with Crippen molar-refractivity contribution in [2.75, 3.05) is 6.54 Å². The second-order valence-electron chi connectivity index (χ2n) is 4.89. The van der Waals surface area contributed by atoms with Crippen LogP contribution in [0.4, 0.5) is 0 Å². The smallest absolute Gasteiger partial charge is 0.345 e. The molecule has 1 fully saturated rings. The summed E-state index contributed by atoms with van der Waals surface area (Å²) in [7, 11) is 0. The molecule has 0 aliphatic heterocycles. The number of thiophene rings is 1. The van der Waals surface area contributed by atoms with Crippen molar-refractivity contribution in [3.8, 4) is 0 Å². The van der Waals surface area contributed by atoms with Crippen molar-refractivity contribution in [3.05, 3.63) is 21.9 Å². The van der Waals surface area contributed by atoms with Gasteiger partial charge in [0, 0.05) is 11.4 Å². The van der Waals surface area contributed by atoms with Gasteiger partial charge in [-0.3, -0.25) is 0 Å². The Bertz CT molecular complexity index is 405. The lowest BCUT2D eigenvalue weighted by Gasteiger charge is -2.25. The molecule has 1 aromatic rings. The van der Waals surface area contributed by atoms with Crippen LogP contribution in [0.15, 0.2) is 12.1 Å². The molecule has 0 aromatic carbocycles. The molecule has 0 spiro atoms. The molecule has 3 N–H and O–H groups in total. The molecule has 1 aliphatic carbocycles. The highest BCUT2D eigenvalue weighted by Crippen LogP contribution is 2.23. The second-order valence-corrected chi connectivity index (χ2v) is 6.06. The van der Waals surface area contributed by atoms with E-state index in [9.17, 15) is 9.90 Å². The van der Waals surface area contributed by atoms with Crippen LogP contribution >= 0.6 is 11.3 Å². The largest absolute Gasteiger partial charge is 0.477 e. The first-order valence-electron chi connectivity index (χ1n) is 6.36. The Balaban J connectivity index is 1.72. The fraction of sp³-hybridized carbons (Fsp3) is 0.615. The summed E-state index contributed by atoms with van der Waals surface area (Å²) in [5, 5.41) is 21.7. The van der Waals surface area contributed by atoms with E-state index < -0.39 is 5.97 Å². The maximum Gasteiger partial charge on any atom is 0.345 e. The van der Waals surface area contributed by atoms with Crippen LogP contribution < -0.4 is 5.32 Å². The summed E-state index contributed by atoms with van der Waals surface area (Å²) in [6.45, 7) is 1.61. The average molecular weight is 269 g/mol. The summed E-state index contributed by atoms with van der Waals surface area (Å²) in [4.78, 5) is 12.2. The Morgan fingerprint density at radius 3 is 2.94 bits per heavy atom. The zero-order chi connectivity index (χ0) is 13.0. The lowest BCUT2D eigenvalue weighted by atomic mass is 9.87. The number of aromatic carboxylic acids is 1. The first-order chi connectivity index (χ1) is 8.65. The van der Waals surface area contributed by atoms with E-state index in [0.29, 0.717) is 17.3 Å². The number of hydrogen-bond acceptors (Lipinski definition) is 4. The highest BCUT2D eigenvalue weighted by atomic mass is 32.1. The monoisotopic (exact) mass is 269 g/mol. The van der Waals surface area contributed by atoms with Crippen molar-refractivity contribution in [3.63, 3.8) is 0 Å². The molecule has 1 aliphatic rings. The van der Waals surface area contributed by atoms with E-state index in [1.807, 2.05) is 6.07 Å². The molecule has 0 radical (unpaired) electrons. The minimum atomic E-state index is -0.860. The normalized spacial score (nSPS) is 24.1. The highest BCUT2D eigenvalue weighted by Gasteiger charge is 2.19. The summed E-state index contributed by atoms with van der Waals surface area (Å²) in [6.07, 6.45) is 3.97. The summed E-state index contributed by atoms with van der Waals surface area (Å²) < 4.78 is 0. The number of carboxylic acids is 1. The number of rotatable bonds is 5. The van der Waals surface area contributed by atoms with Crippen LogP contribution in [0.2, 0.25) is 0 Å².